The van der Waals surface area contributed by atoms with Crippen LogP contribution in [0.15, 0.2) is 36.4 Å². The fourth-order valence-corrected chi connectivity index (χ4v) is 1.68. The Morgan fingerprint density at radius 3 is 1.32 bits per heavy atom. The predicted octanol–water partition coefficient (Wildman–Crippen LogP) is 3.99. The molecule has 0 unspecified atom stereocenters. The molecule has 0 spiro atoms. The minimum absolute atomic E-state index is 0.447. The third kappa shape index (κ3) is 2.29. The van der Waals surface area contributed by atoms with Crippen molar-refractivity contribution in [2.45, 2.75) is 0 Å². The predicted molar refractivity (Wildman–Crippen MR) is 63.6 cm³/mol. The van der Waals surface area contributed by atoms with E-state index in [-0.39, 0.29) is 0 Å². The van der Waals surface area contributed by atoms with E-state index in [0.717, 1.165) is 36.4 Å². The van der Waals surface area contributed by atoms with E-state index in [0.29, 0.717) is 11.2 Å². The summed E-state index contributed by atoms with van der Waals surface area (Å²) in [6.45, 7) is 0. The molecule has 0 amide bonds. The molecule has 19 heavy (non-hydrogen) atoms. The highest BCUT2D eigenvalue weighted by molar-refractivity contribution is 5.88. The zero-order chi connectivity index (χ0) is 14.0. The molecule has 0 aliphatic heterocycles. The van der Waals surface area contributed by atoms with Gasteiger partial charge in [-0.25, -0.2) is 17.6 Å². The van der Waals surface area contributed by atoms with Crippen molar-refractivity contribution in [1.82, 2.24) is 0 Å². The maximum Gasteiger partial charge on any atom is 0.150 e. The van der Waals surface area contributed by atoms with Crippen LogP contribution < -0.4 is 4.90 Å². The summed E-state index contributed by atoms with van der Waals surface area (Å²) in [6.07, 6.45) is 0.447. The van der Waals surface area contributed by atoms with Gasteiger partial charge in [-0.05, 0) is 24.3 Å². The van der Waals surface area contributed by atoms with E-state index in [1.54, 1.807) is 0 Å². The molecule has 0 heterocycles. The summed E-state index contributed by atoms with van der Waals surface area (Å²) in [5, 5.41) is 7.16. The molecule has 98 valence electrons. The van der Waals surface area contributed by atoms with Gasteiger partial charge in [0.1, 0.15) is 34.6 Å². The topological polar surface area (TPSA) is 27.1 Å². The molecule has 1 N–H and O–H groups in total. The van der Waals surface area contributed by atoms with Crippen LogP contribution in [0.1, 0.15) is 0 Å². The Hall–Kier alpha value is -2.37. The van der Waals surface area contributed by atoms with Gasteiger partial charge in [0.25, 0.3) is 0 Å². The van der Waals surface area contributed by atoms with Gasteiger partial charge >= 0.3 is 0 Å². The fraction of sp³-hybridized carbons (Fsp3) is 0. The number of hydrogen-bond acceptors (Lipinski definition) is 1. The van der Waals surface area contributed by atoms with Crippen LogP contribution in [0.5, 0.6) is 0 Å². The molecule has 0 saturated heterocycles. The first kappa shape index (κ1) is 13.1. The standard InChI is InChI=1S/C13H8F4N2/c14-8-3-1-4-9(15)12(8)19(7-18)13-10(16)5-2-6-11(13)17/h1-7,18H. The molecular weight excluding hydrogens is 260 g/mol. The van der Waals surface area contributed by atoms with Gasteiger partial charge in [0.15, 0.2) is 0 Å². The molecule has 2 aromatic rings. The Kier molecular flexibility index (Phi) is 3.50. The smallest absolute Gasteiger partial charge is 0.150 e. The first-order valence-corrected chi connectivity index (χ1v) is 5.24. The Morgan fingerprint density at radius 1 is 0.737 bits per heavy atom. The first-order valence-electron chi connectivity index (χ1n) is 5.24. The van der Waals surface area contributed by atoms with E-state index in [9.17, 15) is 17.6 Å². The molecule has 0 aromatic heterocycles. The van der Waals surface area contributed by atoms with E-state index in [1.165, 1.54) is 0 Å². The Bertz CT molecular complexity index is 536. The summed E-state index contributed by atoms with van der Waals surface area (Å²) in [4.78, 5) is 0.481. The number of halogens is 4. The third-order valence-electron chi connectivity index (χ3n) is 2.49. The number of nitrogens with zero attached hydrogens (tertiary/aromatic N) is 1. The van der Waals surface area contributed by atoms with Crippen molar-refractivity contribution >= 4 is 17.7 Å². The van der Waals surface area contributed by atoms with E-state index in [1.807, 2.05) is 0 Å². The molecule has 2 nitrogen and oxygen atoms in total. The highest BCUT2D eigenvalue weighted by atomic mass is 19.1. The van der Waals surface area contributed by atoms with Crippen LogP contribution >= 0.6 is 0 Å². The number of nitrogens with one attached hydrogen (secondary N) is 1. The highest BCUT2D eigenvalue weighted by Gasteiger charge is 2.22. The van der Waals surface area contributed by atoms with Gasteiger partial charge in [-0.1, -0.05) is 12.1 Å². The maximum atomic E-state index is 13.6. The lowest BCUT2D eigenvalue weighted by Gasteiger charge is -2.21. The van der Waals surface area contributed by atoms with Crippen molar-refractivity contribution in [3.05, 3.63) is 59.7 Å². The highest BCUT2D eigenvalue weighted by Crippen LogP contribution is 2.32. The van der Waals surface area contributed by atoms with Crippen LogP contribution in [-0.2, 0) is 0 Å². The number of benzene rings is 2. The van der Waals surface area contributed by atoms with Gasteiger partial charge in [0.2, 0.25) is 0 Å². The second kappa shape index (κ2) is 5.09. The molecule has 0 atom stereocenters. The van der Waals surface area contributed by atoms with Crippen molar-refractivity contribution in [1.29, 1.82) is 5.41 Å². The van der Waals surface area contributed by atoms with Gasteiger partial charge in [0, 0.05) is 0 Å². The molecule has 0 saturated carbocycles. The van der Waals surface area contributed by atoms with Gasteiger partial charge in [-0.15, -0.1) is 0 Å². The second-order valence-electron chi connectivity index (χ2n) is 3.64. The van der Waals surface area contributed by atoms with Crippen molar-refractivity contribution in [3.8, 4) is 0 Å². The molecule has 0 aliphatic carbocycles. The van der Waals surface area contributed by atoms with Gasteiger partial charge in [-0.3, -0.25) is 10.3 Å². The van der Waals surface area contributed by atoms with Crippen LogP contribution in [0.3, 0.4) is 0 Å². The third-order valence-corrected chi connectivity index (χ3v) is 2.49. The SMILES string of the molecule is N=CN(c1c(F)cccc1F)c1c(F)cccc1F. The summed E-state index contributed by atoms with van der Waals surface area (Å²) in [7, 11) is 0. The van der Waals surface area contributed by atoms with Crippen LogP contribution in [0.2, 0.25) is 0 Å². The lowest BCUT2D eigenvalue weighted by Crippen LogP contribution is -2.19. The molecule has 0 aliphatic rings. The largest absolute Gasteiger partial charge is 0.291 e. The van der Waals surface area contributed by atoms with Gasteiger partial charge in [0.05, 0.1) is 6.34 Å². The van der Waals surface area contributed by atoms with E-state index >= 15 is 0 Å². The summed E-state index contributed by atoms with van der Waals surface area (Å²) in [5.74, 6) is -4.09. The molecular formula is C13H8F4N2. The molecule has 0 radical (unpaired) electrons. The minimum Gasteiger partial charge on any atom is -0.291 e. The molecule has 6 heteroatoms. The Labute approximate surface area is 106 Å². The normalized spacial score (nSPS) is 10.3. The average molecular weight is 268 g/mol. The summed E-state index contributed by atoms with van der Waals surface area (Å²) < 4.78 is 54.4. The van der Waals surface area contributed by atoms with Crippen molar-refractivity contribution < 1.29 is 17.6 Å². The van der Waals surface area contributed by atoms with Crippen molar-refractivity contribution in [2.75, 3.05) is 4.90 Å². The molecule has 0 bridgehead atoms. The lowest BCUT2D eigenvalue weighted by atomic mass is 10.2. The Balaban J connectivity index is 2.67. The zero-order valence-electron chi connectivity index (χ0n) is 9.50. The molecule has 2 aromatic carbocycles. The van der Waals surface area contributed by atoms with Crippen molar-refractivity contribution in [3.63, 3.8) is 0 Å². The van der Waals surface area contributed by atoms with Crippen LogP contribution in [0.4, 0.5) is 28.9 Å². The zero-order valence-corrected chi connectivity index (χ0v) is 9.50. The minimum atomic E-state index is -1.02. The summed E-state index contributed by atoms with van der Waals surface area (Å²) in [5.41, 5.74) is -1.41. The van der Waals surface area contributed by atoms with Gasteiger partial charge in [-0.2, -0.15) is 0 Å². The summed E-state index contributed by atoms with van der Waals surface area (Å²) in [6, 6.07) is 5.99. The van der Waals surface area contributed by atoms with Crippen LogP contribution in [0, 0.1) is 28.7 Å². The van der Waals surface area contributed by atoms with Crippen molar-refractivity contribution in [2.24, 2.45) is 0 Å². The number of para-hydroxylation sites is 2. The molecule has 2 rings (SSSR count). The average Bonchev–Trinajstić information content (AvgIpc) is 2.36. The molecule has 0 fully saturated rings. The second-order valence-corrected chi connectivity index (χ2v) is 3.64. The van der Waals surface area contributed by atoms with Crippen LogP contribution in [-0.4, -0.2) is 6.34 Å². The lowest BCUT2D eigenvalue weighted by molar-refractivity contribution is 0.573. The monoisotopic (exact) mass is 268 g/mol. The van der Waals surface area contributed by atoms with E-state index in [4.69, 9.17) is 5.41 Å². The Morgan fingerprint density at radius 2 is 1.05 bits per heavy atom. The fourth-order valence-electron chi connectivity index (χ4n) is 1.68. The van der Waals surface area contributed by atoms with Gasteiger partial charge < -0.3 is 0 Å². The quantitative estimate of drug-likeness (QED) is 0.508. The van der Waals surface area contributed by atoms with E-state index in [2.05, 4.69) is 0 Å². The maximum absolute atomic E-state index is 13.6. The number of hydrogen-bond donors (Lipinski definition) is 1. The first-order chi connectivity index (χ1) is 9.06. The summed E-state index contributed by atoms with van der Waals surface area (Å²) >= 11 is 0. The number of anilines is 2. The number of rotatable bonds is 3. The van der Waals surface area contributed by atoms with Crippen LogP contribution in [0.25, 0.3) is 0 Å². The van der Waals surface area contributed by atoms with E-state index < -0.39 is 34.6 Å².